The number of benzene rings is 1. The van der Waals surface area contributed by atoms with Gasteiger partial charge in [-0.3, -0.25) is 0 Å². The van der Waals surface area contributed by atoms with Gasteiger partial charge in [0.25, 0.3) is 0 Å². The predicted octanol–water partition coefficient (Wildman–Crippen LogP) is 3.71. The third-order valence-corrected chi connectivity index (χ3v) is 5.65. The van der Waals surface area contributed by atoms with Crippen molar-refractivity contribution in [1.82, 2.24) is 5.32 Å². The minimum Gasteiger partial charge on any atom is -0.359 e. The second-order valence-corrected chi connectivity index (χ2v) is 6.92. The van der Waals surface area contributed by atoms with Gasteiger partial charge in [0.15, 0.2) is 5.11 Å². The summed E-state index contributed by atoms with van der Waals surface area (Å²) in [5.41, 5.74) is 0.829. The molecule has 0 saturated heterocycles. The Hall–Kier alpha value is -1.42. The number of hydrogen-bond donors (Lipinski definition) is 2. The topological polar surface area (TPSA) is 24.1 Å². The van der Waals surface area contributed by atoms with Gasteiger partial charge in [0.2, 0.25) is 0 Å². The first-order chi connectivity index (χ1) is 10.2. The maximum Gasteiger partial charge on any atom is 0.171 e. The van der Waals surface area contributed by atoms with E-state index in [0.717, 1.165) is 29.4 Å². The van der Waals surface area contributed by atoms with E-state index in [1.165, 1.54) is 31.4 Å². The van der Waals surface area contributed by atoms with Gasteiger partial charge in [-0.25, -0.2) is 4.39 Å². The molecular formula is C17H19FN2S. The molecule has 0 heterocycles. The van der Waals surface area contributed by atoms with Crippen molar-refractivity contribution in [3.05, 3.63) is 42.2 Å². The molecule has 0 radical (unpaired) electrons. The molecule has 0 aromatic heterocycles. The Morgan fingerprint density at radius 3 is 2.76 bits per heavy atom. The van der Waals surface area contributed by atoms with Crippen LogP contribution < -0.4 is 10.6 Å². The first-order valence-electron chi connectivity index (χ1n) is 7.70. The number of anilines is 1. The quantitative estimate of drug-likeness (QED) is 0.643. The number of nitrogens with one attached hydrogen (secondary N) is 2. The molecule has 110 valence electrons. The maximum atomic E-state index is 12.9. The van der Waals surface area contributed by atoms with Crippen LogP contribution in [0.3, 0.4) is 0 Å². The summed E-state index contributed by atoms with van der Waals surface area (Å²) in [6, 6.07) is 6.78. The molecule has 4 rings (SSSR count). The Kier molecular flexibility index (Phi) is 3.21. The summed E-state index contributed by atoms with van der Waals surface area (Å²) in [5.74, 6) is 3.01. The number of fused-ring (bicyclic) bond motifs is 5. The summed E-state index contributed by atoms with van der Waals surface area (Å²) in [4.78, 5) is 0. The van der Waals surface area contributed by atoms with Crippen LogP contribution in [0.2, 0.25) is 0 Å². The minimum atomic E-state index is -0.230. The van der Waals surface area contributed by atoms with Crippen molar-refractivity contribution in [3.63, 3.8) is 0 Å². The Bertz CT molecular complexity index is 583. The normalized spacial score (nSPS) is 35.8. The standard InChI is InChI=1S/C17H19FN2S/c18-11-4-6-12(7-5-11)19-17(21)20-16-9-10-8-15(16)14-3-1-2-13(10)14/h1,3-7,10,13-16H,2,8-9H2,(H2,19,20,21)/t10-,13-,14-,15-,16+/m1/s1. The molecule has 21 heavy (non-hydrogen) atoms. The Labute approximate surface area is 129 Å². The number of halogens is 1. The molecule has 3 aliphatic carbocycles. The van der Waals surface area contributed by atoms with Crippen LogP contribution >= 0.6 is 12.2 Å². The molecular weight excluding hydrogens is 283 g/mol. The number of allylic oxidation sites excluding steroid dienone is 2. The lowest BCUT2D eigenvalue weighted by Gasteiger charge is -2.32. The number of rotatable bonds is 2. The predicted molar refractivity (Wildman–Crippen MR) is 86.5 cm³/mol. The fourth-order valence-electron chi connectivity index (χ4n) is 4.58. The number of thiocarbonyl (C=S) groups is 1. The first kappa shape index (κ1) is 13.3. The molecule has 0 spiro atoms. The highest BCUT2D eigenvalue weighted by Crippen LogP contribution is 2.56. The highest BCUT2D eigenvalue weighted by atomic mass is 32.1. The Balaban J connectivity index is 1.37. The van der Waals surface area contributed by atoms with Crippen LogP contribution in [0.4, 0.5) is 10.1 Å². The molecule has 0 aliphatic heterocycles. The van der Waals surface area contributed by atoms with Crippen LogP contribution in [0.15, 0.2) is 36.4 Å². The van der Waals surface area contributed by atoms with E-state index in [9.17, 15) is 4.39 Å². The van der Waals surface area contributed by atoms with E-state index in [-0.39, 0.29) is 5.82 Å². The van der Waals surface area contributed by atoms with Gasteiger partial charge in [0.05, 0.1) is 0 Å². The molecule has 1 aromatic rings. The fraction of sp³-hybridized carbons (Fsp3) is 0.471. The lowest BCUT2D eigenvalue weighted by Crippen LogP contribution is -2.44. The lowest BCUT2D eigenvalue weighted by molar-refractivity contribution is 0.246. The van der Waals surface area contributed by atoms with Crippen LogP contribution in [0, 0.1) is 29.5 Å². The SMILES string of the molecule is Fc1ccc(NC(=S)N[C@H]2C[C@H]3C[C@@H]2[C@@H]2C=CC[C@H]32)cc1. The van der Waals surface area contributed by atoms with E-state index in [1.807, 2.05) is 0 Å². The molecule has 1 aromatic carbocycles. The molecule has 5 atom stereocenters. The van der Waals surface area contributed by atoms with Crippen molar-refractivity contribution in [1.29, 1.82) is 0 Å². The molecule has 2 fully saturated rings. The Morgan fingerprint density at radius 1 is 1.14 bits per heavy atom. The van der Waals surface area contributed by atoms with Crippen molar-refractivity contribution in [3.8, 4) is 0 Å². The average Bonchev–Trinajstić information content (AvgIpc) is 3.13. The molecule has 2 N–H and O–H groups in total. The smallest absolute Gasteiger partial charge is 0.171 e. The highest BCUT2D eigenvalue weighted by molar-refractivity contribution is 7.80. The van der Waals surface area contributed by atoms with Gasteiger partial charge < -0.3 is 10.6 Å². The fourth-order valence-corrected chi connectivity index (χ4v) is 4.85. The van der Waals surface area contributed by atoms with E-state index in [4.69, 9.17) is 12.2 Å². The van der Waals surface area contributed by atoms with Gasteiger partial charge in [-0.1, -0.05) is 12.2 Å². The third-order valence-electron chi connectivity index (χ3n) is 5.43. The molecule has 0 amide bonds. The van der Waals surface area contributed by atoms with Crippen molar-refractivity contribution in [2.24, 2.45) is 23.7 Å². The van der Waals surface area contributed by atoms with Crippen molar-refractivity contribution in [2.75, 3.05) is 5.32 Å². The van der Waals surface area contributed by atoms with E-state index in [1.54, 1.807) is 12.1 Å². The summed E-state index contributed by atoms with van der Waals surface area (Å²) in [6.45, 7) is 0. The zero-order valence-electron chi connectivity index (χ0n) is 11.8. The highest BCUT2D eigenvalue weighted by Gasteiger charge is 2.52. The molecule has 0 unspecified atom stereocenters. The molecule has 3 aliphatic rings. The van der Waals surface area contributed by atoms with Crippen molar-refractivity contribution < 1.29 is 4.39 Å². The molecule has 4 heteroatoms. The molecule has 2 nitrogen and oxygen atoms in total. The minimum absolute atomic E-state index is 0.230. The summed E-state index contributed by atoms with van der Waals surface area (Å²) < 4.78 is 12.9. The van der Waals surface area contributed by atoms with E-state index >= 15 is 0 Å². The largest absolute Gasteiger partial charge is 0.359 e. The monoisotopic (exact) mass is 302 g/mol. The third kappa shape index (κ3) is 2.35. The zero-order chi connectivity index (χ0) is 14.4. The lowest BCUT2D eigenvalue weighted by atomic mass is 9.79. The molecule has 2 bridgehead atoms. The van der Waals surface area contributed by atoms with Crippen LogP contribution in [0.25, 0.3) is 0 Å². The van der Waals surface area contributed by atoms with Crippen LogP contribution in [-0.2, 0) is 0 Å². The summed E-state index contributed by atoms with van der Waals surface area (Å²) in [5, 5.41) is 7.28. The van der Waals surface area contributed by atoms with Crippen LogP contribution in [-0.4, -0.2) is 11.2 Å². The van der Waals surface area contributed by atoms with Gasteiger partial charge in [-0.15, -0.1) is 0 Å². The van der Waals surface area contributed by atoms with E-state index in [0.29, 0.717) is 11.2 Å². The second kappa shape index (κ2) is 5.09. The van der Waals surface area contributed by atoms with Gasteiger partial charge >= 0.3 is 0 Å². The number of hydrogen-bond acceptors (Lipinski definition) is 1. The van der Waals surface area contributed by atoms with Gasteiger partial charge in [0.1, 0.15) is 5.82 Å². The van der Waals surface area contributed by atoms with E-state index < -0.39 is 0 Å². The van der Waals surface area contributed by atoms with Gasteiger partial charge in [-0.05, 0) is 79.4 Å². The maximum absolute atomic E-state index is 12.9. The Morgan fingerprint density at radius 2 is 1.95 bits per heavy atom. The summed E-state index contributed by atoms with van der Waals surface area (Å²) >= 11 is 5.41. The first-order valence-corrected chi connectivity index (χ1v) is 8.11. The molecule has 2 saturated carbocycles. The van der Waals surface area contributed by atoms with Crippen LogP contribution in [0.1, 0.15) is 19.3 Å². The van der Waals surface area contributed by atoms with Crippen molar-refractivity contribution >= 4 is 23.0 Å². The van der Waals surface area contributed by atoms with E-state index in [2.05, 4.69) is 22.8 Å². The average molecular weight is 302 g/mol. The van der Waals surface area contributed by atoms with Crippen LogP contribution in [0.5, 0.6) is 0 Å². The van der Waals surface area contributed by atoms with Crippen molar-refractivity contribution in [2.45, 2.75) is 25.3 Å². The van der Waals surface area contributed by atoms with Gasteiger partial charge in [-0.2, -0.15) is 0 Å². The van der Waals surface area contributed by atoms with Gasteiger partial charge in [0, 0.05) is 11.7 Å². The second-order valence-electron chi connectivity index (χ2n) is 6.51. The summed E-state index contributed by atoms with van der Waals surface area (Å²) in [7, 11) is 0. The summed E-state index contributed by atoms with van der Waals surface area (Å²) in [6.07, 6.45) is 8.62. The zero-order valence-corrected chi connectivity index (χ0v) is 12.6.